The fraction of sp³-hybridized carbons (Fsp3) is 0.706. The Balaban J connectivity index is 1.73. The molecule has 4 rings (SSSR count). The molecule has 5 atom stereocenters. The molecule has 1 spiro atoms. The van der Waals surface area contributed by atoms with Gasteiger partial charge in [-0.2, -0.15) is 0 Å². The van der Waals surface area contributed by atoms with Crippen LogP contribution in [0.5, 0.6) is 0 Å². The summed E-state index contributed by atoms with van der Waals surface area (Å²) in [6.07, 6.45) is 4.62. The van der Waals surface area contributed by atoms with Gasteiger partial charge in [-0.15, -0.1) is 0 Å². The van der Waals surface area contributed by atoms with Gasteiger partial charge in [0.25, 0.3) is 0 Å². The molecular weight excluding hydrogens is 268 g/mol. The first-order valence-electron chi connectivity index (χ1n) is 7.78. The molecular formula is C17H22O4. The van der Waals surface area contributed by atoms with Crippen LogP contribution in [0.2, 0.25) is 0 Å². The summed E-state index contributed by atoms with van der Waals surface area (Å²) < 4.78 is 17.5. The molecule has 2 fully saturated rings. The van der Waals surface area contributed by atoms with E-state index < -0.39 is 0 Å². The van der Waals surface area contributed by atoms with Crippen molar-refractivity contribution in [1.29, 1.82) is 0 Å². The number of fused-ring (bicyclic) bond motifs is 1. The number of esters is 1. The fourth-order valence-corrected chi connectivity index (χ4v) is 4.72. The van der Waals surface area contributed by atoms with Gasteiger partial charge >= 0.3 is 5.97 Å². The van der Waals surface area contributed by atoms with E-state index in [1.54, 1.807) is 0 Å². The Morgan fingerprint density at radius 1 is 1.43 bits per heavy atom. The van der Waals surface area contributed by atoms with Gasteiger partial charge < -0.3 is 13.9 Å². The molecule has 4 heteroatoms. The van der Waals surface area contributed by atoms with Crippen LogP contribution in [0.1, 0.15) is 44.1 Å². The zero-order valence-electron chi connectivity index (χ0n) is 13.1. The van der Waals surface area contributed by atoms with E-state index in [4.69, 9.17) is 13.9 Å². The Labute approximate surface area is 124 Å². The lowest BCUT2D eigenvalue weighted by molar-refractivity contribution is -0.155. The molecule has 0 bridgehead atoms. The lowest BCUT2D eigenvalue weighted by Gasteiger charge is -2.49. The monoisotopic (exact) mass is 290 g/mol. The zero-order chi connectivity index (χ0) is 15.0. The summed E-state index contributed by atoms with van der Waals surface area (Å²) >= 11 is 0. The van der Waals surface area contributed by atoms with Crippen LogP contribution in [-0.4, -0.2) is 23.8 Å². The summed E-state index contributed by atoms with van der Waals surface area (Å²) in [6, 6.07) is 0. The van der Waals surface area contributed by atoms with Gasteiger partial charge in [0.1, 0.15) is 17.5 Å². The normalized spacial score (nSPS) is 43.5. The van der Waals surface area contributed by atoms with Crippen molar-refractivity contribution in [2.45, 2.75) is 64.8 Å². The van der Waals surface area contributed by atoms with Crippen molar-refractivity contribution >= 4 is 5.97 Å². The van der Waals surface area contributed by atoms with Crippen LogP contribution in [0, 0.1) is 18.3 Å². The average molecular weight is 290 g/mol. The first-order valence-corrected chi connectivity index (χ1v) is 7.78. The van der Waals surface area contributed by atoms with Gasteiger partial charge in [0, 0.05) is 31.1 Å². The largest absolute Gasteiger partial charge is 0.469 e. The molecule has 2 aliphatic carbocycles. The summed E-state index contributed by atoms with van der Waals surface area (Å²) in [6.45, 7) is 8.09. The van der Waals surface area contributed by atoms with Gasteiger partial charge in [-0.3, -0.25) is 4.79 Å². The number of carbonyl (C=O) groups excluding carboxylic acids is 1. The number of aryl methyl sites for hydroxylation is 1. The molecule has 1 saturated carbocycles. The fourth-order valence-electron chi connectivity index (χ4n) is 4.72. The third-order valence-corrected chi connectivity index (χ3v) is 6.27. The van der Waals surface area contributed by atoms with Crippen LogP contribution in [0.3, 0.4) is 0 Å². The quantitative estimate of drug-likeness (QED) is 0.589. The third-order valence-electron chi connectivity index (χ3n) is 6.27. The summed E-state index contributed by atoms with van der Waals surface area (Å²) in [4.78, 5) is 11.4. The van der Waals surface area contributed by atoms with Crippen molar-refractivity contribution in [2.24, 2.45) is 11.3 Å². The predicted octanol–water partition coefficient (Wildman–Crippen LogP) is 2.80. The van der Waals surface area contributed by atoms with Crippen LogP contribution in [0.4, 0.5) is 0 Å². The Bertz CT molecular complexity index is 618. The predicted molar refractivity (Wildman–Crippen MR) is 75.9 cm³/mol. The molecule has 1 aliphatic heterocycles. The third kappa shape index (κ3) is 1.57. The zero-order valence-corrected chi connectivity index (χ0v) is 13.1. The number of hydrogen-bond acceptors (Lipinski definition) is 4. The first kappa shape index (κ1) is 13.4. The molecule has 0 N–H and O–H groups in total. The van der Waals surface area contributed by atoms with Crippen molar-refractivity contribution in [3.05, 3.63) is 23.2 Å². The van der Waals surface area contributed by atoms with Gasteiger partial charge in [0.15, 0.2) is 0 Å². The topological polar surface area (TPSA) is 52.0 Å². The number of furan rings is 1. The van der Waals surface area contributed by atoms with E-state index in [1.807, 2.05) is 6.26 Å². The highest BCUT2D eigenvalue weighted by Gasteiger charge is 2.74. The minimum atomic E-state index is -0.195. The number of epoxide rings is 1. The molecule has 114 valence electrons. The Hall–Kier alpha value is -1.29. The van der Waals surface area contributed by atoms with Gasteiger partial charge in [-0.05, 0) is 24.5 Å². The molecule has 1 saturated heterocycles. The van der Waals surface area contributed by atoms with Crippen molar-refractivity contribution in [3.8, 4) is 0 Å². The van der Waals surface area contributed by atoms with E-state index in [2.05, 4.69) is 20.8 Å². The van der Waals surface area contributed by atoms with Crippen LogP contribution >= 0.6 is 0 Å². The van der Waals surface area contributed by atoms with E-state index in [1.165, 1.54) is 18.1 Å². The van der Waals surface area contributed by atoms with Crippen molar-refractivity contribution < 1.29 is 18.7 Å². The highest BCUT2D eigenvalue weighted by Crippen LogP contribution is 2.65. The Morgan fingerprint density at radius 3 is 2.90 bits per heavy atom. The second-order valence-corrected chi connectivity index (χ2v) is 7.26. The average Bonchev–Trinajstić information content (AvgIpc) is 3.00. The van der Waals surface area contributed by atoms with Gasteiger partial charge in [-0.1, -0.05) is 13.8 Å². The van der Waals surface area contributed by atoms with Gasteiger partial charge in [0.2, 0.25) is 0 Å². The van der Waals surface area contributed by atoms with Crippen molar-refractivity contribution in [2.75, 3.05) is 0 Å². The summed E-state index contributed by atoms with van der Waals surface area (Å²) in [5.74, 6) is 1.17. The Kier molecular flexibility index (Phi) is 2.49. The molecule has 1 aromatic rings. The second-order valence-electron chi connectivity index (χ2n) is 7.26. The second kappa shape index (κ2) is 3.92. The molecule has 0 radical (unpaired) electrons. The van der Waals surface area contributed by atoms with Crippen LogP contribution in [0.15, 0.2) is 10.7 Å². The minimum absolute atomic E-state index is 0.00231. The standard InChI is InChI=1S/C17H22O4/c1-9-8-19-14-7-17-15(21-17)5-13(20-11(3)18)10(2)16(17,4)6-12(9)14/h8,10,13,15H,5-7H2,1-4H3/t10-,13-,15+,16-,17+/m1/s1. The molecule has 4 nitrogen and oxygen atoms in total. The lowest BCUT2D eigenvalue weighted by Crippen LogP contribution is -2.56. The summed E-state index contributed by atoms with van der Waals surface area (Å²) in [7, 11) is 0. The molecule has 1 aromatic heterocycles. The van der Waals surface area contributed by atoms with Crippen LogP contribution in [0.25, 0.3) is 0 Å². The molecule has 2 heterocycles. The van der Waals surface area contributed by atoms with E-state index in [9.17, 15) is 4.79 Å². The molecule has 3 aliphatic rings. The van der Waals surface area contributed by atoms with E-state index in [0.29, 0.717) is 0 Å². The maximum atomic E-state index is 11.4. The first-order chi connectivity index (χ1) is 9.87. The summed E-state index contributed by atoms with van der Waals surface area (Å²) in [5.41, 5.74) is 2.44. The minimum Gasteiger partial charge on any atom is -0.469 e. The number of rotatable bonds is 1. The molecule has 0 aromatic carbocycles. The number of hydrogen-bond donors (Lipinski definition) is 0. The summed E-state index contributed by atoms with van der Waals surface area (Å²) in [5, 5.41) is 0. The number of carbonyl (C=O) groups is 1. The van der Waals surface area contributed by atoms with Crippen LogP contribution < -0.4 is 0 Å². The maximum absolute atomic E-state index is 11.4. The molecule has 0 amide bonds. The SMILES string of the molecule is CC(=O)O[C@@H]1C[C@@H]2O[C@@]23Cc2occ(C)c2C[C@]3(C)[C@@H]1C. The van der Waals surface area contributed by atoms with Crippen LogP contribution in [-0.2, 0) is 27.1 Å². The number of ether oxygens (including phenoxy) is 2. The highest BCUT2D eigenvalue weighted by atomic mass is 16.6. The smallest absolute Gasteiger partial charge is 0.302 e. The molecule has 0 unspecified atom stereocenters. The van der Waals surface area contributed by atoms with Gasteiger partial charge in [0.05, 0.1) is 12.4 Å². The van der Waals surface area contributed by atoms with Crippen molar-refractivity contribution in [3.63, 3.8) is 0 Å². The van der Waals surface area contributed by atoms with Crippen molar-refractivity contribution in [1.82, 2.24) is 0 Å². The lowest BCUT2D eigenvalue weighted by atomic mass is 9.54. The van der Waals surface area contributed by atoms with E-state index in [0.717, 1.165) is 25.0 Å². The van der Waals surface area contributed by atoms with E-state index in [-0.39, 0.29) is 35.1 Å². The highest BCUT2D eigenvalue weighted by molar-refractivity contribution is 5.66. The van der Waals surface area contributed by atoms with Gasteiger partial charge in [-0.25, -0.2) is 0 Å². The molecule has 21 heavy (non-hydrogen) atoms. The van der Waals surface area contributed by atoms with E-state index >= 15 is 0 Å². The Morgan fingerprint density at radius 2 is 2.19 bits per heavy atom. The maximum Gasteiger partial charge on any atom is 0.302 e.